The fraction of sp³-hybridized carbons (Fsp3) is 0.355. The van der Waals surface area contributed by atoms with Crippen LogP contribution >= 0.6 is 11.6 Å². The van der Waals surface area contributed by atoms with Gasteiger partial charge in [0.05, 0.1) is 11.4 Å². The number of hydrogen-bond donors (Lipinski definition) is 2. The van der Waals surface area contributed by atoms with Gasteiger partial charge in [0.25, 0.3) is 0 Å². The topological polar surface area (TPSA) is 91.4 Å². The van der Waals surface area contributed by atoms with Gasteiger partial charge in [0.2, 0.25) is 6.79 Å². The number of benzene rings is 2. The van der Waals surface area contributed by atoms with E-state index in [1.807, 2.05) is 55.8 Å². The molecule has 1 atom stereocenters. The maximum Gasteiger partial charge on any atom is 0.231 e. The van der Waals surface area contributed by atoms with Gasteiger partial charge < -0.3 is 20.5 Å². The molecule has 3 N–H and O–H groups in total. The molecule has 1 aromatic heterocycles. The molecule has 0 spiro atoms. The minimum Gasteiger partial charge on any atom is -0.454 e. The summed E-state index contributed by atoms with van der Waals surface area (Å²) in [6.45, 7) is 8.12. The van der Waals surface area contributed by atoms with E-state index in [2.05, 4.69) is 28.3 Å². The van der Waals surface area contributed by atoms with Crippen LogP contribution in [0.1, 0.15) is 55.7 Å². The summed E-state index contributed by atoms with van der Waals surface area (Å²) in [6.07, 6.45) is 5.45. The van der Waals surface area contributed by atoms with Gasteiger partial charge in [-0.1, -0.05) is 44.5 Å². The molecule has 0 saturated carbocycles. The van der Waals surface area contributed by atoms with Crippen LogP contribution in [0.5, 0.6) is 11.5 Å². The number of nitrogens with two attached hydrogens (primary N) is 1. The van der Waals surface area contributed by atoms with Gasteiger partial charge in [-0.3, -0.25) is 4.79 Å². The van der Waals surface area contributed by atoms with Gasteiger partial charge in [-0.25, -0.2) is 9.07 Å². The van der Waals surface area contributed by atoms with Crippen molar-refractivity contribution in [3.05, 3.63) is 76.0 Å². The smallest absolute Gasteiger partial charge is 0.231 e. The maximum absolute atomic E-state index is 13.5. The first-order valence-electron chi connectivity index (χ1n) is 13.6. The van der Waals surface area contributed by atoms with Crippen molar-refractivity contribution in [1.82, 2.24) is 9.78 Å². The third kappa shape index (κ3) is 6.74. The zero-order chi connectivity index (χ0) is 29.2. The Labute approximate surface area is 240 Å². The highest BCUT2D eigenvalue weighted by Gasteiger charge is 2.27. The number of hydrogen-bond acceptors (Lipinski definition) is 6. The third-order valence-electron chi connectivity index (χ3n) is 6.35. The van der Waals surface area contributed by atoms with Crippen molar-refractivity contribution in [3.63, 3.8) is 0 Å². The summed E-state index contributed by atoms with van der Waals surface area (Å²) in [5.41, 5.74) is 11.5. The van der Waals surface area contributed by atoms with Crippen LogP contribution in [0.4, 0.5) is 10.1 Å². The Morgan fingerprint density at radius 3 is 2.62 bits per heavy atom. The molecule has 7 nitrogen and oxygen atoms in total. The SMILES string of the molecule is CC.CC/C=C(CNc1ccc2c(c1)-c1c(c(C=O)nn1-c1ccc3c(c1)OCO3)CC2)\C(Cl)=C/C(C)F.CN. The number of nitrogens with zero attached hydrogens (tertiary/aromatic N) is 2. The Bertz CT molecular complexity index is 1380. The standard InChI is InChI=1S/C28H27ClFN3O3.C2H6.CH5N/c1-3-4-19(24(29)11-17(2)30)14-31-20-7-5-18-6-9-22-25(15-34)32-33(28(22)23(18)12-20)21-8-10-26-27(13-21)36-16-35-26;2*1-2/h4-5,7-8,10-13,15,17,31H,3,6,9,14,16H2,1-2H3;1-2H3;2H2,1H3/b19-4-,24-11+;;. The number of aldehydes is 1. The second kappa shape index (κ2) is 14.7. The highest BCUT2D eigenvalue weighted by molar-refractivity contribution is 6.32. The van der Waals surface area contributed by atoms with Gasteiger partial charge in [-0.05, 0) is 74.7 Å². The molecule has 1 aliphatic heterocycles. The lowest BCUT2D eigenvalue weighted by molar-refractivity contribution is 0.111. The Balaban J connectivity index is 0.00000106. The molecule has 2 aromatic carbocycles. The second-order valence-electron chi connectivity index (χ2n) is 8.83. The molecule has 0 amide bonds. The monoisotopic (exact) mass is 568 g/mol. The number of rotatable bonds is 8. The number of aryl methyl sites for hydroxylation is 1. The summed E-state index contributed by atoms with van der Waals surface area (Å²) in [5, 5.41) is 8.49. The zero-order valence-corrected chi connectivity index (χ0v) is 24.5. The number of anilines is 1. The largest absolute Gasteiger partial charge is 0.454 e. The lowest BCUT2D eigenvalue weighted by Gasteiger charge is -2.20. The van der Waals surface area contributed by atoms with Gasteiger partial charge in [-0.2, -0.15) is 5.10 Å². The van der Waals surface area contributed by atoms with Gasteiger partial charge in [0.15, 0.2) is 17.8 Å². The average Bonchev–Trinajstić information content (AvgIpc) is 3.61. The molecular weight excluding hydrogens is 531 g/mol. The van der Waals surface area contributed by atoms with Gasteiger partial charge in [0, 0.05) is 34.5 Å². The van der Waals surface area contributed by atoms with E-state index in [0.29, 0.717) is 28.8 Å². The van der Waals surface area contributed by atoms with Gasteiger partial charge in [-0.15, -0.1) is 0 Å². The van der Waals surface area contributed by atoms with Crippen LogP contribution in [0, 0.1) is 0 Å². The fourth-order valence-corrected chi connectivity index (χ4v) is 5.00. The van der Waals surface area contributed by atoms with Crippen LogP contribution in [0.25, 0.3) is 16.9 Å². The molecule has 0 bridgehead atoms. The first-order valence-corrected chi connectivity index (χ1v) is 14.0. The van der Waals surface area contributed by atoms with E-state index in [1.54, 1.807) is 0 Å². The van der Waals surface area contributed by atoms with Crippen molar-refractivity contribution in [1.29, 1.82) is 0 Å². The van der Waals surface area contributed by atoms with Crippen molar-refractivity contribution in [3.8, 4) is 28.4 Å². The van der Waals surface area contributed by atoms with Crippen LogP contribution in [0.2, 0.25) is 0 Å². The van der Waals surface area contributed by atoms with Crippen LogP contribution in [0.15, 0.2) is 59.2 Å². The molecule has 214 valence electrons. The maximum atomic E-state index is 13.5. The normalized spacial score (nSPS) is 14.1. The summed E-state index contributed by atoms with van der Waals surface area (Å²) < 4.78 is 26.3. The summed E-state index contributed by atoms with van der Waals surface area (Å²) >= 11 is 6.37. The zero-order valence-electron chi connectivity index (χ0n) is 23.8. The second-order valence-corrected chi connectivity index (χ2v) is 9.24. The van der Waals surface area contributed by atoms with Gasteiger partial charge >= 0.3 is 0 Å². The van der Waals surface area contributed by atoms with Crippen LogP contribution in [-0.4, -0.2) is 42.6 Å². The van der Waals surface area contributed by atoms with Crippen molar-refractivity contribution in [2.45, 2.75) is 53.1 Å². The van der Waals surface area contributed by atoms with E-state index < -0.39 is 6.17 Å². The minimum atomic E-state index is -1.12. The van der Waals surface area contributed by atoms with Crippen molar-refractivity contribution < 1.29 is 18.7 Å². The summed E-state index contributed by atoms with van der Waals surface area (Å²) in [5.74, 6) is 1.34. The molecule has 9 heteroatoms. The number of nitrogens with one attached hydrogen (secondary N) is 1. The number of ether oxygens (including phenoxy) is 2. The highest BCUT2D eigenvalue weighted by Crippen LogP contribution is 2.40. The molecule has 5 rings (SSSR count). The molecule has 2 aliphatic rings. The number of carbonyl (C=O) groups is 1. The molecule has 3 aromatic rings. The van der Waals surface area contributed by atoms with E-state index in [0.717, 1.165) is 59.3 Å². The molecular formula is C31H38ClFN4O3. The molecule has 0 fully saturated rings. The van der Waals surface area contributed by atoms with E-state index in [4.69, 9.17) is 21.1 Å². The number of allylic oxidation sites excluding steroid dienone is 2. The Hall–Kier alpha value is -3.62. The number of carbonyl (C=O) groups excluding carboxylic acids is 1. The van der Waals surface area contributed by atoms with E-state index in [1.165, 1.54) is 25.6 Å². The Morgan fingerprint density at radius 1 is 1.18 bits per heavy atom. The molecule has 40 heavy (non-hydrogen) atoms. The van der Waals surface area contributed by atoms with Crippen molar-refractivity contribution in [2.24, 2.45) is 5.73 Å². The lowest BCUT2D eigenvalue weighted by Crippen LogP contribution is -2.10. The molecule has 0 saturated heterocycles. The summed E-state index contributed by atoms with van der Waals surface area (Å²) in [7, 11) is 1.50. The molecule has 1 aliphatic carbocycles. The van der Waals surface area contributed by atoms with Crippen molar-refractivity contribution >= 4 is 23.6 Å². The molecule has 0 radical (unpaired) electrons. The molecule has 2 heterocycles. The van der Waals surface area contributed by atoms with Crippen LogP contribution in [0.3, 0.4) is 0 Å². The minimum absolute atomic E-state index is 0.186. The summed E-state index contributed by atoms with van der Waals surface area (Å²) in [4.78, 5) is 11.9. The first kappa shape index (κ1) is 30.9. The quantitative estimate of drug-likeness (QED) is 0.224. The highest BCUT2D eigenvalue weighted by atomic mass is 35.5. The average molecular weight is 569 g/mol. The lowest BCUT2D eigenvalue weighted by atomic mass is 9.88. The first-order chi connectivity index (χ1) is 19.5. The van der Waals surface area contributed by atoms with Crippen LogP contribution < -0.4 is 20.5 Å². The van der Waals surface area contributed by atoms with E-state index in [9.17, 15) is 9.18 Å². The Morgan fingerprint density at radius 2 is 1.93 bits per heavy atom. The van der Waals surface area contributed by atoms with Gasteiger partial charge in [0.1, 0.15) is 11.9 Å². The fourth-order valence-electron chi connectivity index (χ4n) is 4.68. The van der Waals surface area contributed by atoms with Crippen molar-refractivity contribution in [2.75, 3.05) is 25.7 Å². The predicted molar refractivity (Wildman–Crippen MR) is 161 cm³/mol. The van der Waals surface area contributed by atoms with E-state index >= 15 is 0 Å². The third-order valence-corrected chi connectivity index (χ3v) is 6.72. The predicted octanol–water partition coefficient (Wildman–Crippen LogP) is 7.01. The van der Waals surface area contributed by atoms with Crippen LogP contribution in [-0.2, 0) is 12.8 Å². The summed E-state index contributed by atoms with van der Waals surface area (Å²) in [6, 6.07) is 11.8. The number of fused-ring (bicyclic) bond motifs is 4. The number of alkyl halides is 1. The Kier molecular flexibility index (Phi) is 11.3. The number of aromatic nitrogens is 2. The van der Waals surface area contributed by atoms with E-state index in [-0.39, 0.29) is 6.79 Å². The molecule has 1 unspecified atom stereocenters. The number of halogens is 2.